The molecule has 4 nitrogen and oxygen atoms in total. The second-order valence-electron chi connectivity index (χ2n) is 11.1. The second-order valence-corrected chi connectivity index (χ2v) is 11.1. The Hall–Kier alpha value is -3.86. The highest BCUT2D eigenvalue weighted by molar-refractivity contribution is 5.86. The van der Waals surface area contributed by atoms with Gasteiger partial charge in [0, 0.05) is 18.0 Å². The van der Waals surface area contributed by atoms with Crippen molar-refractivity contribution in [2.45, 2.75) is 58.3 Å². The van der Waals surface area contributed by atoms with E-state index in [9.17, 15) is 9.18 Å². The summed E-state index contributed by atoms with van der Waals surface area (Å²) in [5, 5.41) is 2.23. The zero-order chi connectivity index (χ0) is 26.9. The van der Waals surface area contributed by atoms with Gasteiger partial charge in [0.25, 0.3) is 0 Å². The summed E-state index contributed by atoms with van der Waals surface area (Å²) in [6.07, 6.45) is -0.0543. The molecule has 0 bridgehead atoms. The number of nitrogens with zero attached hydrogens (tertiary/aromatic N) is 1. The summed E-state index contributed by atoms with van der Waals surface area (Å²) in [6, 6.07) is 27.4. The molecule has 5 rings (SSSR count). The van der Waals surface area contributed by atoms with E-state index in [1.807, 2.05) is 76.2 Å². The lowest BCUT2D eigenvalue weighted by molar-refractivity contribution is 0.0129. The Morgan fingerprint density at radius 1 is 1.00 bits per heavy atom. The molecular formula is C33H34FNO3. The first-order chi connectivity index (χ1) is 18.2. The topological polar surface area (TPSA) is 38.8 Å². The van der Waals surface area contributed by atoms with Crippen molar-refractivity contribution in [2.24, 2.45) is 0 Å². The molecule has 5 heteroatoms. The van der Waals surface area contributed by atoms with Crippen LogP contribution in [-0.4, -0.2) is 29.2 Å². The standard InChI is InChI=1S/C33H34FNO3/c1-22-16-25(18-26(34)17-22)30-19-27(37-31-15-8-7-14-29(30)31)21-35(32(36)38-33(2,3)4)20-24-12-9-11-23-10-5-6-13-28(23)24/h5-18,27,30H,19-21H2,1-4H3. The van der Waals surface area contributed by atoms with E-state index >= 15 is 0 Å². The average Bonchev–Trinajstić information content (AvgIpc) is 2.86. The number of ether oxygens (including phenoxy) is 2. The number of fused-ring (bicyclic) bond motifs is 2. The summed E-state index contributed by atoms with van der Waals surface area (Å²) in [7, 11) is 0. The molecule has 2 atom stereocenters. The summed E-state index contributed by atoms with van der Waals surface area (Å²) in [4.78, 5) is 15.2. The first kappa shape index (κ1) is 25.8. The number of rotatable bonds is 5. The molecule has 0 saturated heterocycles. The van der Waals surface area contributed by atoms with Crippen LogP contribution in [0.2, 0.25) is 0 Å². The highest BCUT2D eigenvalue weighted by Crippen LogP contribution is 2.41. The Balaban J connectivity index is 1.47. The highest BCUT2D eigenvalue weighted by Gasteiger charge is 2.33. The maximum Gasteiger partial charge on any atom is 0.410 e. The Bertz CT molecular complexity index is 1430. The van der Waals surface area contributed by atoms with E-state index in [4.69, 9.17) is 9.47 Å². The molecule has 1 amide bonds. The van der Waals surface area contributed by atoms with Crippen LogP contribution in [0.25, 0.3) is 10.8 Å². The van der Waals surface area contributed by atoms with E-state index in [1.165, 1.54) is 0 Å². The number of aryl methyl sites for hydroxylation is 1. The molecule has 1 aliphatic rings. The second kappa shape index (κ2) is 10.5. The lowest BCUT2D eigenvalue weighted by Crippen LogP contribution is -2.43. The summed E-state index contributed by atoms with van der Waals surface area (Å²) >= 11 is 0. The number of amides is 1. The van der Waals surface area contributed by atoms with Gasteiger partial charge in [-0.15, -0.1) is 0 Å². The van der Waals surface area contributed by atoms with Crippen molar-refractivity contribution in [3.05, 3.63) is 113 Å². The molecule has 38 heavy (non-hydrogen) atoms. The SMILES string of the molecule is Cc1cc(F)cc(C2CC(CN(Cc3cccc4ccccc34)C(=O)OC(C)(C)C)Oc3ccccc32)c1. The normalized spacial score (nSPS) is 17.0. The molecular weight excluding hydrogens is 477 g/mol. The van der Waals surface area contributed by atoms with Gasteiger partial charge in [-0.05, 0) is 79.8 Å². The van der Waals surface area contributed by atoms with Crippen LogP contribution in [-0.2, 0) is 11.3 Å². The van der Waals surface area contributed by atoms with Gasteiger partial charge >= 0.3 is 6.09 Å². The van der Waals surface area contributed by atoms with E-state index in [0.717, 1.165) is 38.8 Å². The fourth-order valence-corrected chi connectivity index (χ4v) is 5.30. The average molecular weight is 512 g/mol. The summed E-state index contributed by atoms with van der Waals surface area (Å²) in [6.45, 7) is 8.26. The van der Waals surface area contributed by atoms with Crippen molar-refractivity contribution < 1.29 is 18.7 Å². The molecule has 1 heterocycles. The first-order valence-corrected chi connectivity index (χ1v) is 13.1. The third kappa shape index (κ3) is 5.83. The third-order valence-corrected chi connectivity index (χ3v) is 6.87. The maximum atomic E-state index is 14.4. The van der Waals surface area contributed by atoms with E-state index in [1.54, 1.807) is 17.0 Å². The van der Waals surface area contributed by atoms with Crippen LogP contribution >= 0.6 is 0 Å². The van der Waals surface area contributed by atoms with E-state index in [-0.39, 0.29) is 23.9 Å². The Labute approximate surface area is 224 Å². The minimum atomic E-state index is -0.629. The van der Waals surface area contributed by atoms with Gasteiger partial charge in [0.05, 0.1) is 6.54 Å². The van der Waals surface area contributed by atoms with E-state index < -0.39 is 5.60 Å². The predicted octanol–water partition coefficient (Wildman–Crippen LogP) is 8.01. The Kier molecular flexibility index (Phi) is 7.11. The molecule has 0 saturated carbocycles. The van der Waals surface area contributed by atoms with Crippen LogP contribution in [0, 0.1) is 12.7 Å². The van der Waals surface area contributed by atoms with Crippen molar-refractivity contribution in [1.82, 2.24) is 4.90 Å². The quantitative estimate of drug-likeness (QED) is 0.272. The summed E-state index contributed by atoms with van der Waals surface area (Å²) in [5.41, 5.74) is 3.25. The number of carbonyl (C=O) groups is 1. The highest BCUT2D eigenvalue weighted by atomic mass is 19.1. The molecule has 4 aromatic carbocycles. The molecule has 0 aliphatic carbocycles. The fourth-order valence-electron chi connectivity index (χ4n) is 5.30. The molecule has 0 fully saturated rings. The third-order valence-electron chi connectivity index (χ3n) is 6.87. The number of halogens is 1. The van der Waals surface area contributed by atoms with Crippen molar-refractivity contribution in [2.75, 3.05) is 6.54 Å². The summed E-state index contributed by atoms with van der Waals surface area (Å²) in [5.74, 6) is 0.481. The minimum Gasteiger partial charge on any atom is -0.488 e. The zero-order valence-corrected chi connectivity index (χ0v) is 22.4. The fraction of sp³-hybridized carbons (Fsp3) is 0.303. The molecule has 2 unspecified atom stereocenters. The minimum absolute atomic E-state index is 0.0441. The van der Waals surface area contributed by atoms with Gasteiger partial charge in [0.15, 0.2) is 0 Å². The molecule has 1 aliphatic heterocycles. The summed E-state index contributed by atoms with van der Waals surface area (Å²) < 4.78 is 26.7. The van der Waals surface area contributed by atoms with Crippen molar-refractivity contribution in [1.29, 1.82) is 0 Å². The molecule has 0 aromatic heterocycles. The number of para-hydroxylation sites is 1. The van der Waals surface area contributed by atoms with Gasteiger partial charge < -0.3 is 14.4 Å². The van der Waals surface area contributed by atoms with Gasteiger partial charge in [0.1, 0.15) is 23.3 Å². The first-order valence-electron chi connectivity index (χ1n) is 13.1. The van der Waals surface area contributed by atoms with Crippen LogP contribution in [0.15, 0.2) is 84.9 Å². The molecule has 0 radical (unpaired) electrons. The lowest BCUT2D eigenvalue weighted by Gasteiger charge is -2.36. The Morgan fingerprint density at radius 3 is 2.53 bits per heavy atom. The number of carbonyl (C=O) groups excluding carboxylic acids is 1. The van der Waals surface area contributed by atoms with Crippen molar-refractivity contribution in [3.63, 3.8) is 0 Å². The van der Waals surface area contributed by atoms with Crippen molar-refractivity contribution >= 4 is 16.9 Å². The molecule has 4 aromatic rings. The van der Waals surface area contributed by atoms with Gasteiger partial charge in [-0.1, -0.05) is 66.7 Å². The van der Waals surface area contributed by atoms with Crippen LogP contribution < -0.4 is 4.74 Å². The van der Waals surface area contributed by atoms with Gasteiger partial charge in [-0.3, -0.25) is 0 Å². The maximum absolute atomic E-state index is 14.4. The molecule has 0 N–H and O–H groups in total. The lowest BCUT2D eigenvalue weighted by atomic mass is 9.83. The molecule has 0 spiro atoms. The van der Waals surface area contributed by atoms with Crippen LogP contribution in [0.4, 0.5) is 9.18 Å². The Morgan fingerprint density at radius 2 is 1.74 bits per heavy atom. The number of benzene rings is 4. The number of hydrogen-bond acceptors (Lipinski definition) is 3. The monoisotopic (exact) mass is 511 g/mol. The van der Waals surface area contributed by atoms with Gasteiger partial charge in [-0.2, -0.15) is 0 Å². The van der Waals surface area contributed by atoms with Gasteiger partial charge in [-0.25, -0.2) is 9.18 Å². The van der Waals surface area contributed by atoms with Crippen LogP contribution in [0.3, 0.4) is 0 Å². The zero-order valence-electron chi connectivity index (χ0n) is 22.4. The van der Waals surface area contributed by atoms with E-state index in [2.05, 4.69) is 24.3 Å². The van der Waals surface area contributed by atoms with Crippen LogP contribution in [0.5, 0.6) is 5.75 Å². The van der Waals surface area contributed by atoms with Crippen LogP contribution in [0.1, 0.15) is 55.4 Å². The van der Waals surface area contributed by atoms with E-state index in [0.29, 0.717) is 19.5 Å². The van der Waals surface area contributed by atoms with Crippen molar-refractivity contribution in [3.8, 4) is 5.75 Å². The molecule has 196 valence electrons. The smallest absolute Gasteiger partial charge is 0.410 e. The number of hydrogen-bond donors (Lipinski definition) is 0. The predicted molar refractivity (Wildman–Crippen MR) is 149 cm³/mol. The van der Waals surface area contributed by atoms with Gasteiger partial charge in [0.2, 0.25) is 0 Å². The largest absolute Gasteiger partial charge is 0.488 e.